The zero-order valence-corrected chi connectivity index (χ0v) is 19.9. The van der Waals surface area contributed by atoms with Crippen molar-refractivity contribution in [2.75, 3.05) is 30.3 Å². The molecule has 2 aromatic carbocycles. The van der Waals surface area contributed by atoms with E-state index >= 15 is 0 Å². The van der Waals surface area contributed by atoms with Crippen molar-refractivity contribution in [3.05, 3.63) is 70.2 Å². The molecule has 5 N–H and O–H groups in total. The van der Waals surface area contributed by atoms with E-state index in [4.69, 9.17) is 4.74 Å². The number of nitrogens with zero attached hydrogens (tertiary/aromatic N) is 1. The van der Waals surface area contributed by atoms with Crippen LogP contribution < -0.4 is 20.7 Å². The van der Waals surface area contributed by atoms with E-state index in [-0.39, 0.29) is 11.4 Å². The van der Waals surface area contributed by atoms with Crippen LogP contribution in [0.25, 0.3) is 0 Å². The standard InChI is InChI=1S/C24H26BrN5O3/c1-15-2-3-17(25)12-20(15)30-24(32)22-21(27-14-28-22)23(31)29-18-4-6-19(7-5-18)33-13-16-8-10-26-11-9-16/h2-7,12,14,16,26H,8-11,13H2,1H3,(H,27,28)(H,29,31)(H,30,32)/p+1. The highest BCUT2D eigenvalue weighted by Crippen LogP contribution is 2.22. The maximum atomic E-state index is 12.8. The fourth-order valence-corrected chi connectivity index (χ4v) is 4.12. The highest BCUT2D eigenvalue weighted by Gasteiger charge is 2.21. The number of quaternary nitrogens is 1. The summed E-state index contributed by atoms with van der Waals surface area (Å²) >= 11 is 3.40. The number of ether oxygens (including phenoxy) is 1. The number of piperidine rings is 1. The summed E-state index contributed by atoms with van der Waals surface area (Å²) in [7, 11) is 0. The molecule has 8 nitrogen and oxygen atoms in total. The zero-order chi connectivity index (χ0) is 23.2. The highest BCUT2D eigenvalue weighted by molar-refractivity contribution is 9.10. The van der Waals surface area contributed by atoms with Crippen molar-refractivity contribution < 1.29 is 19.6 Å². The smallest absolute Gasteiger partial charge is 0.276 e. The molecule has 0 atom stereocenters. The van der Waals surface area contributed by atoms with E-state index in [2.05, 4.69) is 41.8 Å². The summed E-state index contributed by atoms with van der Waals surface area (Å²) in [5.41, 5.74) is 2.27. The quantitative estimate of drug-likeness (QED) is 0.388. The molecule has 0 saturated carbocycles. The van der Waals surface area contributed by atoms with Crippen LogP contribution >= 0.6 is 15.9 Å². The fraction of sp³-hybridized carbons (Fsp3) is 0.292. The van der Waals surface area contributed by atoms with Crippen molar-refractivity contribution in [3.63, 3.8) is 0 Å². The van der Waals surface area contributed by atoms with Gasteiger partial charge in [0.25, 0.3) is 11.8 Å². The fourth-order valence-electron chi connectivity index (χ4n) is 3.75. The molecule has 33 heavy (non-hydrogen) atoms. The van der Waals surface area contributed by atoms with E-state index in [1.807, 2.05) is 31.2 Å². The van der Waals surface area contributed by atoms with Crippen molar-refractivity contribution in [3.8, 4) is 5.75 Å². The Morgan fingerprint density at radius 3 is 2.64 bits per heavy atom. The van der Waals surface area contributed by atoms with Crippen LogP contribution in [0.5, 0.6) is 5.75 Å². The van der Waals surface area contributed by atoms with Gasteiger partial charge in [0.15, 0.2) is 5.69 Å². The number of amides is 2. The molecule has 1 aromatic heterocycles. The number of halogens is 1. The Morgan fingerprint density at radius 2 is 1.88 bits per heavy atom. The summed E-state index contributed by atoms with van der Waals surface area (Å²) < 4.78 is 6.75. The summed E-state index contributed by atoms with van der Waals surface area (Å²) in [6.45, 7) is 4.93. The van der Waals surface area contributed by atoms with Crippen molar-refractivity contribution in [2.45, 2.75) is 19.8 Å². The molecular weight excluding hydrogens is 486 g/mol. The summed E-state index contributed by atoms with van der Waals surface area (Å²) in [6, 6.07) is 12.8. The van der Waals surface area contributed by atoms with Gasteiger partial charge in [-0.3, -0.25) is 9.59 Å². The lowest BCUT2D eigenvalue weighted by atomic mass is 9.99. The lowest BCUT2D eigenvalue weighted by Crippen LogP contribution is -2.86. The van der Waals surface area contributed by atoms with Crippen LogP contribution in [0.1, 0.15) is 39.4 Å². The van der Waals surface area contributed by atoms with Gasteiger partial charge in [-0.05, 0) is 48.9 Å². The summed E-state index contributed by atoms with van der Waals surface area (Å²) in [6.07, 6.45) is 3.68. The Bertz CT molecular complexity index is 1120. The average Bonchev–Trinajstić information content (AvgIpc) is 3.32. The Kier molecular flexibility index (Phi) is 7.41. The van der Waals surface area contributed by atoms with Gasteiger partial charge in [0.2, 0.25) is 0 Å². The highest BCUT2D eigenvalue weighted by atomic mass is 79.9. The number of aryl methyl sites for hydroxylation is 1. The maximum Gasteiger partial charge on any atom is 0.276 e. The molecule has 0 aliphatic carbocycles. The molecule has 4 rings (SSSR count). The summed E-state index contributed by atoms with van der Waals surface area (Å²) in [4.78, 5) is 32.4. The third-order valence-corrected chi connectivity index (χ3v) is 6.18. The van der Waals surface area contributed by atoms with Crippen molar-refractivity contribution >= 4 is 39.1 Å². The lowest BCUT2D eigenvalue weighted by Gasteiger charge is -2.20. The van der Waals surface area contributed by atoms with Crippen LogP contribution in [0.15, 0.2) is 53.3 Å². The van der Waals surface area contributed by atoms with Gasteiger partial charge < -0.3 is 25.7 Å². The number of aromatic amines is 1. The van der Waals surface area contributed by atoms with Gasteiger partial charge in [0.1, 0.15) is 11.4 Å². The molecule has 0 bridgehead atoms. The van der Waals surface area contributed by atoms with E-state index in [1.165, 1.54) is 19.2 Å². The van der Waals surface area contributed by atoms with Gasteiger partial charge in [-0.2, -0.15) is 0 Å². The molecule has 0 radical (unpaired) electrons. The zero-order valence-electron chi connectivity index (χ0n) is 18.4. The van der Waals surface area contributed by atoms with Crippen LogP contribution in [0.3, 0.4) is 0 Å². The Balaban J connectivity index is 1.36. The number of hydrogen-bond acceptors (Lipinski definition) is 4. The van der Waals surface area contributed by atoms with Crippen LogP contribution in [0, 0.1) is 12.8 Å². The number of rotatable bonds is 7. The van der Waals surface area contributed by atoms with Gasteiger partial charge in [-0.25, -0.2) is 4.98 Å². The number of imidazole rings is 1. The number of nitrogens with one attached hydrogen (secondary N) is 3. The number of hydrogen-bond donors (Lipinski definition) is 4. The first kappa shape index (κ1) is 23.0. The molecule has 2 amide bonds. The van der Waals surface area contributed by atoms with Crippen molar-refractivity contribution in [1.29, 1.82) is 0 Å². The first-order valence-corrected chi connectivity index (χ1v) is 11.8. The maximum absolute atomic E-state index is 12.8. The van der Waals surface area contributed by atoms with Crippen LogP contribution in [0.4, 0.5) is 11.4 Å². The third kappa shape index (κ3) is 6.00. The second-order valence-electron chi connectivity index (χ2n) is 8.14. The van der Waals surface area contributed by atoms with Crippen molar-refractivity contribution in [2.24, 2.45) is 5.92 Å². The van der Waals surface area contributed by atoms with Gasteiger partial charge in [0.05, 0.1) is 26.0 Å². The minimum atomic E-state index is -0.473. The molecule has 0 unspecified atom stereocenters. The van der Waals surface area contributed by atoms with Gasteiger partial charge in [0, 0.05) is 34.6 Å². The normalized spacial score (nSPS) is 14.0. The number of aromatic nitrogens is 2. The first-order valence-electron chi connectivity index (χ1n) is 11.0. The minimum Gasteiger partial charge on any atom is -0.493 e. The monoisotopic (exact) mass is 512 g/mol. The molecule has 172 valence electrons. The number of carbonyl (C=O) groups is 2. The van der Waals surface area contributed by atoms with Crippen molar-refractivity contribution in [1.82, 2.24) is 9.97 Å². The molecule has 3 aromatic rings. The van der Waals surface area contributed by atoms with E-state index in [0.29, 0.717) is 23.9 Å². The van der Waals surface area contributed by atoms with Gasteiger partial charge in [-0.1, -0.05) is 22.0 Å². The second kappa shape index (κ2) is 10.6. The van der Waals surface area contributed by atoms with E-state index in [9.17, 15) is 9.59 Å². The molecule has 2 heterocycles. The number of benzene rings is 2. The third-order valence-electron chi connectivity index (χ3n) is 5.69. The Hall–Kier alpha value is -3.17. The molecule has 1 aliphatic heterocycles. The minimum absolute atomic E-state index is 0.0228. The molecular formula is C24H27BrN5O3+. The molecule has 9 heteroatoms. The topological polar surface area (TPSA) is 113 Å². The predicted molar refractivity (Wildman–Crippen MR) is 130 cm³/mol. The lowest BCUT2D eigenvalue weighted by molar-refractivity contribution is -0.664. The van der Waals surface area contributed by atoms with Crippen LogP contribution in [-0.4, -0.2) is 41.5 Å². The van der Waals surface area contributed by atoms with Gasteiger partial charge >= 0.3 is 0 Å². The molecule has 0 spiro atoms. The van der Waals surface area contributed by atoms with E-state index in [1.54, 1.807) is 18.2 Å². The number of H-pyrrole nitrogens is 1. The second-order valence-corrected chi connectivity index (χ2v) is 9.05. The number of nitrogens with two attached hydrogens (primary N) is 1. The Morgan fingerprint density at radius 1 is 1.12 bits per heavy atom. The largest absolute Gasteiger partial charge is 0.493 e. The van der Waals surface area contributed by atoms with Crippen LogP contribution in [0.2, 0.25) is 0 Å². The summed E-state index contributed by atoms with van der Waals surface area (Å²) in [5, 5.41) is 7.95. The average molecular weight is 513 g/mol. The van der Waals surface area contributed by atoms with E-state index < -0.39 is 11.8 Å². The first-order chi connectivity index (χ1) is 16.0. The number of carbonyl (C=O) groups excluding carboxylic acids is 2. The van der Waals surface area contributed by atoms with Crippen LogP contribution in [-0.2, 0) is 0 Å². The molecule has 1 fully saturated rings. The SMILES string of the molecule is Cc1ccc(Br)cc1NC(=O)c1[nH]cnc1C(=O)Nc1ccc(OCC2CC[NH2+]CC2)cc1. The number of anilines is 2. The Labute approximate surface area is 200 Å². The predicted octanol–water partition coefficient (Wildman–Crippen LogP) is 3.34. The van der Waals surface area contributed by atoms with Gasteiger partial charge in [-0.15, -0.1) is 0 Å². The molecule has 1 saturated heterocycles. The molecule has 1 aliphatic rings. The van der Waals surface area contributed by atoms with E-state index in [0.717, 1.165) is 28.9 Å². The summed E-state index contributed by atoms with van der Waals surface area (Å²) in [5.74, 6) is 0.452.